The Kier molecular flexibility index (Phi) is 7.07. The van der Waals surface area contributed by atoms with E-state index in [2.05, 4.69) is 29.7 Å². The minimum atomic E-state index is -0.843. The molecule has 0 unspecified atom stereocenters. The van der Waals surface area contributed by atoms with Gasteiger partial charge in [0.2, 0.25) is 17.5 Å². The molecule has 6 bridgehead atoms. The normalized spacial score (nSPS) is 12.9. The Morgan fingerprint density at radius 2 is 1.76 bits per heavy atom. The SMILES string of the molecule is C=CC1=C(C)c2nc1cc1[nH]c(cc[nH+]c(C(=C)C)cc3nc(o2)C(C=C)=C3C)c(CCC(=O)O)c1C. The summed E-state index contributed by atoms with van der Waals surface area (Å²) in [6.07, 6.45) is 5.73. The first-order chi connectivity index (χ1) is 17.6. The summed E-state index contributed by atoms with van der Waals surface area (Å²) in [4.78, 5) is 27.6. The van der Waals surface area contributed by atoms with Gasteiger partial charge in [-0.1, -0.05) is 31.9 Å². The number of aliphatic carboxylic acids is 1. The van der Waals surface area contributed by atoms with Crippen LogP contribution in [0.2, 0.25) is 0 Å². The number of nitrogens with zero attached hydrogens (tertiary/aromatic N) is 2. The van der Waals surface area contributed by atoms with Gasteiger partial charge in [-0.05, 0) is 56.9 Å². The van der Waals surface area contributed by atoms with Gasteiger partial charge in [0.05, 0.1) is 11.4 Å². The van der Waals surface area contributed by atoms with E-state index >= 15 is 0 Å². The second kappa shape index (κ2) is 10.2. The maximum absolute atomic E-state index is 11.3. The zero-order chi connectivity index (χ0) is 26.9. The van der Waals surface area contributed by atoms with E-state index in [0.29, 0.717) is 23.9 Å². The Bertz CT molecular complexity index is 1600. The predicted molar refractivity (Wildman–Crippen MR) is 148 cm³/mol. The van der Waals surface area contributed by atoms with E-state index in [1.165, 1.54) is 0 Å². The van der Waals surface area contributed by atoms with Gasteiger partial charge < -0.3 is 14.5 Å². The number of aromatic nitrogens is 4. The number of hydrogen-bond acceptors (Lipinski definition) is 4. The smallest absolute Gasteiger partial charge is 0.303 e. The molecule has 0 fully saturated rings. The number of carboxylic acids is 1. The van der Waals surface area contributed by atoms with E-state index in [1.807, 2.05) is 52.1 Å². The van der Waals surface area contributed by atoms with Crippen molar-refractivity contribution in [3.63, 3.8) is 0 Å². The van der Waals surface area contributed by atoms with Crippen LogP contribution in [-0.4, -0.2) is 26.0 Å². The lowest BCUT2D eigenvalue weighted by Crippen LogP contribution is -2.05. The monoisotopic (exact) mass is 495 g/mol. The summed E-state index contributed by atoms with van der Waals surface area (Å²) < 4.78 is 6.24. The van der Waals surface area contributed by atoms with E-state index in [0.717, 1.165) is 61.4 Å². The van der Waals surface area contributed by atoms with Crippen molar-refractivity contribution in [2.24, 2.45) is 0 Å². The molecular formula is C30H31N4O3+. The average Bonchev–Trinajstić information content (AvgIpc) is 3.42. The maximum Gasteiger partial charge on any atom is 0.303 e. The van der Waals surface area contributed by atoms with Gasteiger partial charge in [0, 0.05) is 51.9 Å². The molecule has 2 aromatic rings. The molecule has 3 N–H and O–H groups in total. The highest BCUT2D eigenvalue weighted by atomic mass is 16.4. The first kappa shape index (κ1) is 25.6. The largest absolute Gasteiger partial charge is 0.481 e. The number of carbonyl (C=O) groups is 1. The molecule has 4 rings (SSSR count). The fraction of sp³-hybridized carbons (Fsp3) is 0.200. The van der Waals surface area contributed by atoms with Crippen molar-refractivity contribution >= 4 is 44.9 Å². The third-order valence-corrected chi connectivity index (χ3v) is 6.62. The Morgan fingerprint density at radius 3 is 2.41 bits per heavy atom. The van der Waals surface area contributed by atoms with E-state index < -0.39 is 5.97 Å². The summed E-state index contributed by atoms with van der Waals surface area (Å²) in [5.74, 6) is 0.0300. The van der Waals surface area contributed by atoms with Gasteiger partial charge in [-0.2, -0.15) is 0 Å². The number of aryl methyl sites for hydroxylation is 2. The molecule has 0 radical (unpaired) electrons. The number of rotatable bonds is 6. The standard InChI is InChI=1S/C30H30N4O3/c1-8-20-19(7)29-34-27(20)15-25-18(6)22(10-11-28(35)36)23(32-25)12-13-31-24(16(3)4)14-26-17(5)21(9-2)30(33-26)37-29/h8-9,12-15,32H,1-3,10-11H2,4-7H3,(H,35,36)/p+1. The van der Waals surface area contributed by atoms with Crippen LogP contribution < -0.4 is 4.98 Å². The molecule has 7 nitrogen and oxygen atoms in total. The first-order valence-corrected chi connectivity index (χ1v) is 12.0. The number of hydrogen-bond donors (Lipinski definition) is 2. The summed E-state index contributed by atoms with van der Waals surface area (Å²) in [5, 5.41) is 9.29. The van der Waals surface area contributed by atoms with E-state index in [9.17, 15) is 9.90 Å². The molecule has 0 amide bonds. The third kappa shape index (κ3) is 4.93. The Balaban J connectivity index is 2.15. The number of nitrogens with one attached hydrogen (secondary N) is 2. The molecule has 2 aliphatic heterocycles. The van der Waals surface area contributed by atoms with Crippen molar-refractivity contribution in [3.05, 3.63) is 96.3 Å². The number of allylic oxidation sites excluding steroid dienone is 7. The molecular weight excluding hydrogens is 464 g/mol. The predicted octanol–water partition coefficient (Wildman–Crippen LogP) is 6.39. The molecule has 4 heterocycles. The van der Waals surface area contributed by atoms with Gasteiger partial charge in [-0.15, -0.1) is 0 Å². The fourth-order valence-corrected chi connectivity index (χ4v) is 4.43. The topological polar surface area (TPSA) is 106 Å². The van der Waals surface area contributed by atoms with Gasteiger partial charge >= 0.3 is 5.97 Å². The Hall–Kier alpha value is -4.52. The van der Waals surface area contributed by atoms with Gasteiger partial charge in [0.15, 0.2) is 6.20 Å². The van der Waals surface area contributed by atoms with E-state index in [-0.39, 0.29) is 6.42 Å². The van der Waals surface area contributed by atoms with Crippen LogP contribution in [0, 0.1) is 6.92 Å². The van der Waals surface area contributed by atoms with Crippen LogP contribution in [0.4, 0.5) is 0 Å². The van der Waals surface area contributed by atoms with Crippen molar-refractivity contribution in [2.75, 3.05) is 0 Å². The molecule has 37 heavy (non-hydrogen) atoms. The Labute approximate surface area is 216 Å². The fourth-order valence-electron chi connectivity index (χ4n) is 4.43. The quantitative estimate of drug-likeness (QED) is 0.483. The van der Waals surface area contributed by atoms with Gasteiger partial charge in [-0.25, -0.2) is 15.0 Å². The van der Waals surface area contributed by atoms with Crippen molar-refractivity contribution in [1.82, 2.24) is 15.0 Å². The van der Waals surface area contributed by atoms with Gasteiger partial charge in [0.1, 0.15) is 0 Å². The summed E-state index contributed by atoms with van der Waals surface area (Å²) in [7, 11) is 0. The first-order valence-electron chi connectivity index (χ1n) is 12.0. The van der Waals surface area contributed by atoms with Gasteiger partial charge in [0.25, 0.3) is 0 Å². The Morgan fingerprint density at radius 1 is 1.05 bits per heavy atom. The van der Waals surface area contributed by atoms with Crippen LogP contribution in [0.15, 0.2) is 60.7 Å². The summed E-state index contributed by atoms with van der Waals surface area (Å²) in [6, 6.07) is 5.77. The number of aromatic amines is 2. The van der Waals surface area contributed by atoms with E-state index in [4.69, 9.17) is 14.4 Å². The van der Waals surface area contributed by atoms with Crippen LogP contribution in [0.1, 0.15) is 67.2 Å². The van der Waals surface area contributed by atoms with Crippen molar-refractivity contribution in [2.45, 2.75) is 40.5 Å². The minimum absolute atomic E-state index is 0.0304. The lowest BCUT2D eigenvalue weighted by atomic mass is 10.1. The lowest BCUT2D eigenvalue weighted by Gasteiger charge is -1.98. The molecule has 0 aliphatic carbocycles. The van der Waals surface area contributed by atoms with E-state index in [1.54, 1.807) is 12.2 Å². The average molecular weight is 496 g/mol. The zero-order valence-electron chi connectivity index (χ0n) is 21.7. The van der Waals surface area contributed by atoms with Crippen LogP contribution >= 0.6 is 0 Å². The zero-order valence-corrected chi connectivity index (χ0v) is 21.7. The highest BCUT2D eigenvalue weighted by Gasteiger charge is 2.21. The molecule has 0 aromatic carbocycles. The molecule has 7 heteroatoms. The molecule has 0 saturated carbocycles. The molecule has 2 aromatic heterocycles. The van der Waals surface area contributed by atoms with Crippen molar-refractivity contribution in [1.29, 1.82) is 0 Å². The molecule has 0 atom stereocenters. The molecule has 188 valence electrons. The van der Waals surface area contributed by atoms with Crippen molar-refractivity contribution < 1.29 is 19.3 Å². The minimum Gasteiger partial charge on any atom is -0.481 e. The highest BCUT2D eigenvalue weighted by molar-refractivity contribution is 5.96. The molecule has 0 spiro atoms. The number of carboxylic acid groups (broad SMARTS) is 1. The van der Waals surface area contributed by atoms with Crippen molar-refractivity contribution in [3.8, 4) is 0 Å². The second-order valence-corrected chi connectivity index (χ2v) is 9.10. The summed E-state index contributed by atoms with van der Waals surface area (Å²) in [6.45, 7) is 19.8. The third-order valence-electron chi connectivity index (χ3n) is 6.62. The van der Waals surface area contributed by atoms with Crippen LogP contribution in [0.3, 0.4) is 0 Å². The summed E-state index contributed by atoms with van der Waals surface area (Å²) >= 11 is 0. The number of H-pyrrole nitrogens is 2. The maximum atomic E-state index is 11.3. The number of fused-ring (bicyclic) bond motifs is 6. The molecule has 0 saturated heterocycles. The lowest BCUT2D eigenvalue weighted by molar-refractivity contribution is -0.380. The van der Waals surface area contributed by atoms with Gasteiger partial charge in [-0.3, -0.25) is 4.79 Å². The molecule has 2 aliphatic rings. The van der Waals surface area contributed by atoms with Crippen LogP contribution in [0.25, 0.3) is 38.9 Å². The van der Waals surface area contributed by atoms with Crippen LogP contribution in [0.5, 0.6) is 0 Å². The highest BCUT2D eigenvalue weighted by Crippen LogP contribution is 2.34. The van der Waals surface area contributed by atoms with Crippen LogP contribution in [-0.2, 0) is 11.2 Å². The second-order valence-electron chi connectivity index (χ2n) is 9.10. The summed E-state index contributed by atoms with van der Waals surface area (Å²) in [5.41, 5.74) is 10.0.